The first kappa shape index (κ1) is 21.1. The van der Waals surface area contributed by atoms with Crippen LogP contribution in [0.2, 0.25) is 0 Å². The Morgan fingerprint density at radius 2 is 1.83 bits per heavy atom. The predicted octanol–water partition coefficient (Wildman–Crippen LogP) is 4.50. The van der Waals surface area contributed by atoms with Gasteiger partial charge in [0.1, 0.15) is 0 Å². The molecule has 1 amide bonds. The highest BCUT2D eigenvalue weighted by molar-refractivity contribution is 7.99. The van der Waals surface area contributed by atoms with Crippen molar-refractivity contribution in [3.05, 3.63) is 65.7 Å². The molecule has 0 spiro atoms. The second kappa shape index (κ2) is 10.3. The summed E-state index contributed by atoms with van der Waals surface area (Å²) in [5, 5.41) is 12.6. The Labute approximate surface area is 176 Å². The number of rotatable bonds is 9. The van der Waals surface area contributed by atoms with Crippen molar-refractivity contribution in [1.82, 2.24) is 20.1 Å². The molecule has 0 fully saturated rings. The molecular weight excluding hydrogens is 380 g/mol. The minimum atomic E-state index is 0.0265. The SMILES string of the molecule is CCn1c(SCC(=O)N[C@H](C)CCc2ccccc2)nnc1-c1ccccc1C. The summed E-state index contributed by atoms with van der Waals surface area (Å²) in [5.41, 5.74) is 3.53. The molecule has 6 heteroatoms. The van der Waals surface area contributed by atoms with Crippen LogP contribution in [0.25, 0.3) is 11.4 Å². The number of amides is 1. The number of hydrogen-bond acceptors (Lipinski definition) is 4. The van der Waals surface area contributed by atoms with Gasteiger partial charge >= 0.3 is 0 Å². The van der Waals surface area contributed by atoms with Crippen LogP contribution >= 0.6 is 11.8 Å². The molecule has 0 bridgehead atoms. The highest BCUT2D eigenvalue weighted by Gasteiger charge is 2.16. The van der Waals surface area contributed by atoms with E-state index in [1.54, 1.807) is 0 Å². The number of aryl methyl sites for hydroxylation is 2. The zero-order valence-corrected chi connectivity index (χ0v) is 18.1. The Hall–Kier alpha value is -2.60. The molecule has 2 aromatic carbocycles. The summed E-state index contributed by atoms with van der Waals surface area (Å²) in [5.74, 6) is 1.21. The van der Waals surface area contributed by atoms with Crippen LogP contribution in [0.15, 0.2) is 59.8 Å². The fourth-order valence-electron chi connectivity index (χ4n) is 3.25. The lowest BCUT2D eigenvalue weighted by molar-refractivity contribution is -0.119. The fourth-order valence-corrected chi connectivity index (χ4v) is 4.06. The van der Waals surface area contributed by atoms with E-state index in [0.29, 0.717) is 5.75 Å². The van der Waals surface area contributed by atoms with Crippen molar-refractivity contribution in [3.8, 4) is 11.4 Å². The summed E-state index contributed by atoms with van der Waals surface area (Å²) >= 11 is 1.43. The molecule has 0 unspecified atom stereocenters. The molecule has 1 heterocycles. The maximum absolute atomic E-state index is 12.4. The third-order valence-corrected chi connectivity index (χ3v) is 5.83. The molecule has 0 aliphatic carbocycles. The fraction of sp³-hybridized carbons (Fsp3) is 0.348. The van der Waals surface area contributed by atoms with Crippen LogP contribution in [-0.2, 0) is 17.8 Å². The van der Waals surface area contributed by atoms with E-state index in [-0.39, 0.29) is 11.9 Å². The zero-order valence-electron chi connectivity index (χ0n) is 17.3. The molecule has 3 aromatic rings. The number of aromatic nitrogens is 3. The van der Waals surface area contributed by atoms with Crippen LogP contribution in [0.3, 0.4) is 0 Å². The van der Waals surface area contributed by atoms with Gasteiger partial charge in [-0.1, -0.05) is 66.4 Å². The lowest BCUT2D eigenvalue weighted by atomic mass is 10.1. The van der Waals surface area contributed by atoms with Crippen LogP contribution in [-0.4, -0.2) is 32.5 Å². The molecule has 1 atom stereocenters. The quantitative estimate of drug-likeness (QED) is 0.530. The second-order valence-corrected chi connectivity index (χ2v) is 8.09. The number of carbonyl (C=O) groups excluding carboxylic acids is 1. The summed E-state index contributed by atoms with van der Waals surface area (Å²) in [6.45, 7) is 6.95. The minimum Gasteiger partial charge on any atom is -0.353 e. The Morgan fingerprint density at radius 1 is 1.10 bits per heavy atom. The smallest absolute Gasteiger partial charge is 0.230 e. The molecule has 0 saturated carbocycles. The van der Waals surface area contributed by atoms with Gasteiger partial charge in [-0.05, 0) is 44.7 Å². The van der Waals surface area contributed by atoms with Crippen LogP contribution in [0.1, 0.15) is 31.4 Å². The standard InChI is InChI=1S/C23H28N4OS/c1-4-27-22(20-13-9-8-10-17(20)2)25-26-23(27)29-16-21(28)24-18(3)14-15-19-11-6-5-7-12-19/h5-13,18H,4,14-16H2,1-3H3,(H,24,28)/t18-/m1/s1. The van der Waals surface area contributed by atoms with Crippen LogP contribution in [0.4, 0.5) is 0 Å². The maximum atomic E-state index is 12.4. The molecule has 0 aliphatic rings. The van der Waals surface area contributed by atoms with Crippen molar-refractivity contribution in [2.45, 2.75) is 51.4 Å². The van der Waals surface area contributed by atoms with Gasteiger partial charge in [0.2, 0.25) is 5.91 Å². The van der Waals surface area contributed by atoms with E-state index in [9.17, 15) is 4.79 Å². The van der Waals surface area contributed by atoms with E-state index in [4.69, 9.17) is 0 Å². The van der Waals surface area contributed by atoms with E-state index in [0.717, 1.165) is 41.5 Å². The van der Waals surface area contributed by atoms with E-state index in [2.05, 4.69) is 65.1 Å². The number of thioether (sulfide) groups is 1. The van der Waals surface area contributed by atoms with Crippen LogP contribution < -0.4 is 5.32 Å². The van der Waals surface area contributed by atoms with Crippen LogP contribution in [0, 0.1) is 6.92 Å². The molecule has 1 aromatic heterocycles. The van der Waals surface area contributed by atoms with E-state index < -0.39 is 0 Å². The number of benzene rings is 2. The zero-order chi connectivity index (χ0) is 20.6. The first-order valence-electron chi connectivity index (χ1n) is 10.0. The van der Waals surface area contributed by atoms with Gasteiger partial charge in [-0.15, -0.1) is 10.2 Å². The van der Waals surface area contributed by atoms with E-state index >= 15 is 0 Å². The van der Waals surface area contributed by atoms with Crippen molar-refractivity contribution in [2.24, 2.45) is 0 Å². The molecule has 3 rings (SSSR count). The molecule has 0 radical (unpaired) electrons. The summed E-state index contributed by atoms with van der Waals surface area (Å²) < 4.78 is 2.07. The molecule has 0 saturated heterocycles. The van der Waals surface area contributed by atoms with Gasteiger partial charge in [-0.25, -0.2) is 0 Å². The second-order valence-electron chi connectivity index (χ2n) is 7.15. The van der Waals surface area contributed by atoms with Crippen LogP contribution in [0.5, 0.6) is 0 Å². The van der Waals surface area contributed by atoms with Gasteiger partial charge in [0, 0.05) is 18.2 Å². The molecule has 0 aliphatic heterocycles. The first-order chi connectivity index (χ1) is 14.1. The number of nitrogens with zero attached hydrogens (tertiary/aromatic N) is 3. The maximum Gasteiger partial charge on any atom is 0.230 e. The Kier molecular flexibility index (Phi) is 7.47. The average molecular weight is 409 g/mol. The highest BCUT2D eigenvalue weighted by atomic mass is 32.2. The lowest BCUT2D eigenvalue weighted by Crippen LogP contribution is -2.34. The molecule has 5 nitrogen and oxygen atoms in total. The van der Waals surface area contributed by atoms with Crippen molar-refractivity contribution in [1.29, 1.82) is 0 Å². The summed E-state index contributed by atoms with van der Waals surface area (Å²) in [7, 11) is 0. The number of hydrogen-bond donors (Lipinski definition) is 1. The van der Waals surface area contributed by atoms with Crippen molar-refractivity contribution in [3.63, 3.8) is 0 Å². The Bertz CT molecular complexity index is 939. The topological polar surface area (TPSA) is 59.8 Å². The van der Waals surface area contributed by atoms with Crippen molar-refractivity contribution >= 4 is 17.7 Å². The molecule has 1 N–H and O–H groups in total. The van der Waals surface area contributed by atoms with Crippen molar-refractivity contribution in [2.75, 3.05) is 5.75 Å². The Morgan fingerprint density at radius 3 is 2.55 bits per heavy atom. The third kappa shape index (κ3) is 5.70. The largest absolute Gasteiger partial charge is 0.353 e. The molecular formula is C23H28N4OS. The van der Waals surface area contributed by atoms with Gasteiger partial charge in [0.25, 0.3) is 0 Å². The molecule has 29 heavy (non-hydrogen) atoms. The average Bonchev–Trinajstić information content (AvgIpc) is 3.14. The van der Waals surface area contributed by atoms with Crippen molar-refractivity contribution < 1.29 is 4.79 Å². The molecule has 152 valence electrons. The lowest BCUT2D eigenvalue weighted by Gasteiger charge is -2.14. The highest BCUT2D eigenvalue weighted by Crippen LogP contribution is 2.26. The summed E-state index contributed by atoms with van der Waals surface area (Å²) in [4.78, 5) is 12.4. The number of carbonyl (C=O) groups is 1. The predicted molar refractivity (Wildman–Crippen MR) is 119 cm³/mol. The van der Waals surface area contributed by atoms with Gasteiger partial charge < -0.3 is 9.88 Å². The Balaban J connectivity index is 1.54. The third-order valence-electron chi connectivity index (χ3n) is 4.87. The summed E-state index contributed by atoms with van der Waals surface area (Å²) in [6, 6.07) is 18.6. The monoisotopic (exact) mass is 408 g/mol. The van der Waals surface area contributed by atoms with E-state index in [1.165, 1.54) is 17.3 Å². The van der Waals surface area contributed by atoms with Gasteiger partial charge in [-0.2, -0.15) is 0 Å². The summed E-state index contributed by atoms with van der Waals surface area (Å²) in [6.07, 6.45) is 1.88. The minimum absolute atomic E-state index is 0.0265. The first-order valence-corrected chi connectivity index (χ1v) is 11.0. The van der Waals surface area contributed by atoms with Gasteiger partial charge in [0.05, 0.1) is 5.75 Å². The normalized spacial score (nSPS) is 12.0. The van der Waals surface area contributed by atoms with Gasteiger partial charge in [0.15, 0.2) is 11.0 Å². The number of nitrogens with one attached hydrogen (secondary N) is 1. The van der Waals surface area contributed by atoms with Gasteiger partial charge in [-0.3, -0.25) is 4.79 Å². The van der Waals surface area contributed by atoms with E-state index in [1.807, 2.05) is 30.3 Å².